The van der Waals surface area contributed by atoms with E-state index in [0.29, 0.717) is 41.8 Å². The molecule has 8 atom stereocenters. The predicted molar refractivity (Wildman–Crippen MR) is 137 cm³/mol. The number of hydrogen-bond acceptors (Lipinski definition) is 5. The highest BCUT2D eigenvalue weighted by Gasteiger charge is 2.45. The second-order valence-electron chi connectivity index (χ2n) is 12.1. The first-order valence-corrected chi connectivity index (χ1v) is 14.1. The first-order chi connectivity index (χ1) is 16.9. The summed E-state index contributed by atoms with van der Waals surface area (Å²) in [6.45, 7) is 7.65. The van der Waals surface area contributed by atoms with Gasteiger partial charge in [0.05, 0.1) is 17.4 Å². The number of nitrogens with zero attached hydrogens (tertiary/aromatic N) is 4. The number of fused-ring (bicyclic) bond motifs is 2. The zero-order valence-electron chi connectivity index (χ0n) is 21.6. The van der Waals surface area contributed by atoms with Gasteiger partial charge in [-0.3, -0.25) is 4.79 Å². The zero-order chi connectivity index (χ0) is 24.3. The Kier molecular flexibility index (Phi) is 6.12. The lowest BCUT2D eigenvalue weighted by atomic mass is 9.73. The molecule has 6 unspecified atom stereocenters. The van der Waals surface area contributed by atoms with Gasteiger partial charge in [-0.15, -0.1) is 0 Å². The number of nitrogens with one attached hydrogen (secondary N) is 1. The van der Waals surface area contributed by atoms with Crippen LogP contribution in [0.1, 0.15) is 101 Å². The molecule has 2 aliphatic carbocycles. The molecular formula is C28H42N6O. The zero-order valence-corrected chi connectivity index (χ0v) is 21.6. The fourth-order valence-electron chi connectivity index (χ4n) is 7.70. The second-order valence-corrected chi connectivity index (χ2v) is 12.1. The third-order valence-electron chi connectivity index (χ3n) is 9.87. The van der Waals surface area contributed by atoms with Crippen molar-refractivity contribution in [1.82, 2.24) is 24.8 Å². The first kappa shape index (κ1) is 23.4. The molecule has 35 heavy (non-hydrogen) atoms. The van der Waals surface area contributed by atoms with Crippen LogP contribution in [0.25, 0.3) is 5.65 Å². The van der Waals surface area contributed by atoms with E-state index in [1.54, 1.807) is 0 Å². The number of aromatic nitrogens is 3. The van der Waals surface area contributed by atoms with E-state index in [9.17, 15) is 4.79 Å². The first-order valence-electron chi connectivity index (χ1n) is 14.1. The summed E-state index contributed by atoms with van der Waals surface area (Å²) in [6, 6.07) is 3.65. The summed E-state index contributed by atoms with van der Waals surface area (Å²) >= 11 is 0. The lowest BCUT2D eigenvalue weighted by Crippen LogP contribution is -2.45. The van der Waals surface area contributed by atoms with Crippen molar-refractivity contribution in [2.24, 2.45) is 23.5 Å². The molecule has 4 aliphatic rings. The van der Waals surface area contributed by atoms with Crippen LogP contribution in [-0.2, 0) is 4.79 Å². The van der Waals surface area contributed by atoms with Gasteiger partial charge in [0.15, 0.2) is 5.65 Å². The van der Waals surface area contributed by atoms with Gasteiger partial charge in [0.25, 0.3) is 0 Å². The van der Waals surface area contributed by atoms with Gasteiger partial charge in [0, 0.05) is 48.8 Å². The van der Waals surface area contributed by atoms with Crippen LogP contribution in [0.2, 0.25) is 0 Å². The minimum Gasteiger partial charge on any atom is -0.334 e. The van der Waals surface area contributed by atoms with E-state index < -0.39 is 0 Å². The Labute approximate surface area is 209 Å². The highest BCUT2D eigenvalue weighted by molar-refractivity contribution is 5.79. The SMILES string of the molecule is Cc1cn2nc([C@@H]3CCCCN3C(=O)C3CCC4NC(C)C(C)C4C3)cc2nc1C1CC[C@H](N)C1. The molecular weight excluding hydrogens is 436 g/mol. The Bertz CT molecular complexity index is 1100. The molecule has 2 aromatic rings. The van der Waals surface area contributed by atoms with Crippen molar-refractivity contribution in [3.05, 3.63) is 29.2 Å². The molecule has 0 bridgehead atoms. The largest absolute Gasteiger partial charge is 0.334 e. The van der Waals surface area contributed by atoms with Crippen LogP contribution in [0.4, 0.5) is 0 Å². The summed E-state index contributed by atoms with van der Waals surface area (Å²) in [4.78, 5) is 21.1. The van der Waals surface area contributed by atoms with Crippen LogP contribution in [-0.4, -0.2) is 50.1 Å². The van der Waals surface area contributed by atoms with Gasteiger partial charge in [0.2, 0.25) is 5.91 Å². The summed E-state index contributed by atoms with van der Waals surface area (Å²) < 4.78 is 1.93. The minimum atomic E-state index is 0.0670. The van der Waals surface area contributed by atoms with Crippen LogP contribution < -0.4 is 11.1 Å². The number of hydrogen-bond donors (Lipinski definition) is 2. The van der Waals surface area contributed by atoms with Gasteiger partial charge in [-0.05, 0) is 89.0 Å². The number of likely N-dealkylation sites (tertiary alicyclic amines) is 1. The molecule has 0 aromatic carbocycles. The van der Waals surface area contributed by atoms with E-state index in [4.69, 9.17) is 15.8 Å². The highest BCUT2D eigenvalue weighted by Crippen LogP contribution is 2.42. The maximum atomic E-state index is 13.9. The van der Waals surface area contributed by atoms with E-state index in [0.717, 1.165) is 75.7 Å². The number of carbonyl (C=O) groups excluding carboxylic acids is 1. The van der Waals surface area contributed by atoms with Crippen molar-refractivity contribution in [3.63, 3.8) is 0 Å². The molecule has 7 nitrogen and oxygen atoms in total. The fourth-order valence-corrected chi connectivity index (χ4v) is 7.70. The lowest BCUT2D eigenvalue weighted by molar-refractivity contribution is -0.141. The monoisotopic (exact) mass is 478 g/mol. The minimum absolute atomic E-state index is 0.0670. The summed E-state index contributed by atoms with van der Waals surface area (Å²) in [6.07, 6.45) is 11.7. The smallest absolute Gasteiger partial charge is 0.226 e. The van der Waals surface area contributed by atoms with E-state index in [1.807, 2.05) is 4.52 Å². The summed E-state index contributed by atoms with van der Waals surface area (Å²) in [7, 11) is 0. The van der Waals surface area contributed by atoms with E-state index in [2.05, 4.69) is 43.3 Å². The van der Waals surface area contributed by atoms with Gasteiger partial charge in [-0.1, -0.05) is 6.92 Å². The van der Waals surface area contributed by atoms with Gasteiger partial charge < -0.3 is 16.0 Å². The number of piperidine rings is 1. The molecule has 6 rings (SSSR count). The molecule has 2 aromatic heterocycles. The van der Waals surface area contributed by atoms with Gasteiger partial charge in [-0.2, -0.15) is 5.10 Å². The molecule has 0 radical (unpaired) electrons. The molecule has 7 heteroatoms. The van der Waals surface area contributed by atoms with Crippen molar-refractivity contribution in [1.29, 1.82) is 0 Å². The van der Waals surface area contributed by atoms with Crippen molar-refractivity contribution in [2.45, 2.75) is 109 Å². The molecule has 2 saturated carbocycles. The van der Waals surface area contributed by atoms with Crippen molar-refractivity contribution in [2.75, 3.05) is 6.54 Å². The predicted octanol–water partition coefficient (Wildman–Crippen LogP) is 4.10. The number of nitrogens with two attached hydrogens (primary N) is 1. The summed E-state index contributed by atoms with van der Waals surface area (Å²) in [5.74, 6) is 2.24. The molecule has 1 amide bonds. The maximum absolute atomic E-state index is 13.9. The van der Waals surface area contributed by atoms with E-state index in [1.165, 1.54) is 11.3 Å². The Morgan fingerprint density at radius 2 is 1.97 bits per heavy atom. The molecule has 190 valence electrons. The highest BCUT2D eigenvalue weighted by atomic mass is 16.2. The van der Waals surface area contributed by atoms with Crippen LogP contribution in [0.5, 0.6) is 0 Å². The topological polar surface area (TPSA) is 88.5 Å². The quantitative estimate of drug-likeness (QED) is 0.693. The van der Waals surface area contributed by atoms with Crippen LogP contribution in [0.15, 0.2) is 12.3 Å². The van der Waals surface area contributed by atoms with E-state index in [-0.39, 0.29) is 12.0 Å². The Balaban J connectivity index is 1.24. The lowest BCUT2D eigenvalue weighted by Gasteiger charge is -2.40. The van der Waals surface area contributed by atoms with Crippen LogP contribution >= 0.6 is 0 Å². The summed E-state index contributed by atoms with van der Waals surface area (Å²) in [5, 5.41) is 8.73. The summed E-state index contributed by atoms with van der Waals surface area (Å²) in [5.41, 5.74) is 10.5. The van der Waals surface area contributed by atoms with Gasteiger partial charge in [-0.25, -0.2) is 9.50 Å². The van der Waals surface area contributed by atoms with Crippen molar-refractivity contribution in [3.8, 4) is 0 Å². The third-order valence-corrected chi connectivity index (χ3v) is 9.87. The number of aryl methyl sites for hydroxylation is 1. The Morgan fingerprint density at radius 3 is 2.77 bits per heavy atom. The Morgan fingerprint density at radius 1 is 1.11 bits per heavy atom. The van der Waals surface area contributed by atoms with Crippen LogP contribution in [0, 0.1) is 24.7 Å². The van der Waals surface area contributed by atoms with Crippen molar-refractivity contribution < 1.29 is 4.79 Å². The number of rotatable bonds is 3. The van der Waals surface area contributed by atoms with Gasteiger partial charge in [0.1, 0.15) is 0 Å². The average molecular weight is 479 g/mol. The molecule has 2 aliphatic heterocycles. The number of carbonyl (C=O) groups is 1. The fraction of sp³-hybridized carbons (Fsp3) is 0.750. The molecule has 0 spiro atoms. The third kappa shape index (κ3) is 4.18. The molecule has 4 fully saturated rings. The normalized spacial score (nSPS) is 37.7. The molecule has 3 N–H and O–H groups in total. The van der Waals surface area contributed by atoms with Crippen LogP contribution in [0.3, 0.4) is 0 Å². The second kappa shape index (κ2) is 9.15. The van der Waals surface area contributed by atoms with E-state index >= 15 is 0 Å². The Hall–Kier alpha value is -1.99. The standard InChI is InChI=1S/C28H42N6O/c1-16-15-34-26(31-27(16)19-7-9-21(29)12-19)14-24(32-34)25-6-4-5-11-33(25)28(35)20-8-10-23-22(13-20)17(2)18(3)30-23/h14-15,17-23,25,30H,4-13,29H2,1-3H3/t17?,18?,19?,20?,21-,22?,23?,25-/m0/s1. The number of amides is 1. The maximum Gasteiger partial charge on any atom is 0.226 e. The van der Waals surface area contributed by atoms with Gasteiger partial charge >= 0.3 is 0 Å². The molecule has 4 heterocycles. The van der Waals surface area contributed by atoms with Crippen molar-refractivity contribution >= 4 is 11.6 Å². The molecule has 2 saturated heterocycles. The average Bonchev–Trinajstić information content (AvgIpc) is 3.55.